The Morgan fingerprint density at radius 3 is 2.54 bits per heavy atom. The van der Waals surface area contributed by atoms with E-state index in [0.717, 1.165) is 37.8 Å². The van der Waals surface area contributed by atoms with E-state index in [4.69, 9.17) is 4.74 Å². The molecule has 3 aliphatic heterocycles. The van der Waals surface area contributed by atoms with E-state index in [1.54, 1.807) is 22.5 Å². The van der Waals surface area contributed by atoms with Crippen molar-refractivity contribution in [2.75, 3.05) is 31.3 Å². The molecular formula is C36H40F2N4O5S. The molecule has 3 aromatic carbocycles. The number of sulfonamides is 1. The summed E-state index contributed by atoms with van der Waals surface area (Å²) < 4.78 is 62.4. The van der Waals surface area contributed by atoms with Crippen LogP contribution in [0.5, 0.6) is 0 Å². The number of amides is 2. The molecule has 7 rings (SSSR count). The Kier molecular flexibility index (Phi) is 8.99. The minimum Gasteiger partial charge on any atom is -0.453 e. The first-order valence-corrected chi connectivity index (χ1v) is 18.3. The van der Waals surface area contributed by atoms with Gasteiger partial charge in [-0.15, -0.1) is 0 Å². The largest absolute Gasteiger partial charge is 0.453 e. The number of nitrogens with one attached hydrogen (secondary N) is 2. The van der Waals surface area contributed by atoms with Gasteiger partial charge in [0.2, 0.25) is 15.9 Å². The monoisotopic (exact) mass is 678 g/mol. The van der Waals surface area contributed by atoms with Gasteiger partial charge in [0.15, 0.2) is 0 Å². The highest BCUT2D eigenvalue weighted by molar-refractivity contribution is 7.89. The Balaban J connectivity index is 1.19. The molecule has 48 heavy (non-hydrogen) atoms. The molecule has 1 aliphatic carbocycles. The van der Waals surface area contributed by atoms with Crippen LogP contribution in [0.3, 0.4) is 0 Å². The zero-order chi connectivity index (χ0) is 33.6. The third-order valence-electron chi connectivity index (χ3n) is 10.5. The van der Waals surface area contributed by atoms with Crippen LogP contribution < -0.4 is 10.6 Å². The molecule has 4 aliphatic rings. The maximum Gasteiger partial charge on any atom is 0.407 e. The van der Waals surface area contributed by atoms with Crippen LogP contribution in [0.4, 0.5) is 19.3 Å². The zero-order valence-corrected chi connectivity index (χ0v) is 27.6. The van der Waals surface area contributed by atoms with E-state index < -0.39 is 45.6 Å². The molecule has 5 unspecified atom stereocenters. The van der Waals surface area contributed by atoms with Crippen molar-refractivity contribution in [2.45, 2.75) is 75.0 Å². The number of carbonyl (C=O) groups is 2. The molecule has 2 bridgehead atoms. The van der Waals surface area contributed by atoms with Crippen LogP contribution >= 0.6 is 0 Å². The summed E-state index contributed by atoms with van der Waals surface area (Å²) in [6, 6.07) is 15.1. The number of piperazine rings is 1. The average molecular weight is 679 g/mol. The highest BCUT2D eigenvalue weighted by atomic mass is 32.2. The number of carbonyl (C=O) groups excluding carboxylic acids is 2. The summed E-state index contributed by atoms with van der Waals surface area (Å²) in [6.07, 6.45) is 4.15. The molecular weight excluding hydrogens is 638 g/mol. The molecule has 9 nitrogen and oxygen atoms in total. The highest BCUT2D eigenvalue weighted by Gasteiger charge is 2.55. The van der Waals surface area contributed by atoms with Gasteiger partial charge < -0.3 is 15.4 Å². The fourth-order valence-electron chi connectivity index (χ4n) is 8.05. The van der Waals surface area contributed by atoms with E-state index in [-0.39, 0.29) is 41.6 Å². The Labute approximate surface area is 279 Å². The lowest BCUT2D eigenvalue weighted by atomic mass is 9.83. The minimum absolute atomic E-state index is 0.110. The first kappa shape index (κ1) is 32.7. The van der Waals surface area contributed by atoms with E-state index in [0.29, 0.717) is 24.9 Å². The first-order chi connectivity index (χ1) is 23.1. The Morgan fingerprint density at radius 2 is 1.75 bits per heavy atom. The van der Waals surface area contributed by atoms with Gasteiger partial charge in [-0.1, -0.05) is 36.4 Å². The number of halogens is 2. The third kappa shape index (κ3) is 6.45. The second kappa shape index (κ2) is 13.2. The van der Waals surface area contributed by atoms with Crippen LogP contribution in [-0.2, 0) is 38.8 Å². The molecule has 2 N–H and O–H groups in total. The number of anilines is 1. The Morgan fingerprint density at radius 1 is 0.979 bits per heavy atom. The fourth-order valence-corrected chi connectivity index (χ4v) is 9.88. The summed E-state index contributed by atoms with van der Waals surface area (Å²) in [5, 5.41) is 5.57. The quantitative estimate of drug-likeness (QED) is 0.317. The van der Waals surface area contributed by atoms with Gasteiger partial charge >= 0.3 is 6.09 Å². The molecule has 0 radical (unpaired) electrons. The smallest absolute Gasteiger partial charge is 0.407 e. The molecule has 3 heterocycles. The number of rotatable bonds is 9. The average Bonchev–Trinajstić information content (AvgIpc) is 3.77. The number of ether oxygens (including phenoxy) is 1. The number of methoxy groups -OCH3 is 1. The fraction of sp³-hybridized carbons (Fsp3) is 0.444. The maximum atomic E-state index is 15.5. The van der Waals surface area contributed by atoms with Crippen LogP contribution in [0, 0.1) is 11.6 Å². The lowest BCUT2D eigenvalue weighted by molar-refractivity contribution is -0.118. The number of hydrogen-bond acceptors (Lipinski definition) is 6. The van der Waals surface area contributed by atoms with Crippen molar-refractivity contribution in [3.05, 3.63) is 100 Å². The van der Waals surface area contributed by atoms with E-state index in [9.17, 15) is 22.4 Å². The zero-order valence-electron chi connectivity index (χ0n) is 26.8. The van der Waals surface area contributed by atoms with Gasteiger partial charge in [-0.3, -0.25) is 9.69 Å². The van der Waals surface area contributed by atoms with Gasteiger partial charge in [-0.05, 0) is 91.5 Å². The number of aryl methyl sites for hydroxylation is 2. The number of benzene rings is 3. The summed E-state index contributed by atoms with van der Waals surface area (Å²) in [7, 11) is -2.21. The normalized spacial score (nSPS) is 26.3. The first-order valence-electron chi connectivity index (χ1n) is 16.7. The van der Waals surface area contributed by atoms with Gasteiger partial charge in [0.25, 0.3) is 0 Å². The number of nitrogens with zero attached hydrogens (tertiary/aromatic N) is 2. The van der Waals surface area contributed by atoms with Crippen molar-refractivity contribution in [3.8, 4) is 0 Å². The molecule has 0 saturated carbocycles. The van der Waals surface area contributed by atoms with Gasteiger partial charge in [0, 0.05) is 48.4 Å². The second-order valence-electron chi connectivity index (χ2n) is 13.3. The highest BCUT2D eigenvalue weighted by Crippen LogP contribution is 2.40. The van der Waals surface area contributed by atoms with Gasteiger partial charge in [-0.25, -0.2) is 22.0 Å². The number of alkyl carbamates (subject to hydrolysis) is 1. The Bertz CT molecular complexity index is 1820. The molecule has 3 saturated heterocycles. The van der Waals surface area contributed by atoms with Crippen LogP contribution in [0.1, 0.15) is 59.4 Å². The summed E-state index contributed by atoms with van der Waals surface area (Å²) in [4.78, 5) is 29.3. The van der Waals surface area contributed by atoms with E-state index in [1.165, 1.54) is 42.5 Å². The maximum absolute atomic E-state index is 15.5. The minimum atomic E-state index is -3.42. The number of fused-ring (bicyclic) bond motifs is 5. The molecule has 254 valence electrons. The lowest BCUT2D eigenvalue weighted by Gasteiger charge is -2.37. The molecule has 12 heteroatoms. The van der Waals surface area contributed by atoms with Crippen LogP contribution in [0.2, 0.25) is 0 Å². The van der Waals surface area contributed by atoms with Crippen molar-refractivity contribution in [3.63, 3.8) is 0 Å². The van der Waals surface area contributed by atoms with E-state index in [2.05, 4.69) is 15.5 Å². The van der Waals surface area contributed by atoms with Crippen LogP contribution in [0.15, 0.2) is 60.7 Å². The SMILES string of the molecule is COC(=O)N[C@H](C(=O)Nc1cccc(F)c1CCC1C2CN2C2CCCS(=O)(=O)N1C2)[C@@H](c1ccc(F)cc1)c1ccc2c(c1)CCC2. The molecule has 3 aromatic rings. The number of hydrogen-bond donors (Lipinski definition) is 2. The van der Waals surface area contributed by atoms with Crippen molar-refractivity contribution in [1.82, 2.24) is 14.5 Å². The van der Waals surface area contributed by atoms with Crippen molar-refractivity contribution < 1.29 is 31.5 Å². The van der Waals surface area contributed by atoms with Crippen molar-refractivity contribution >= 4 is 27.7 Å². The summed E-state index contributed by atoms with van der Waals surface area (Å²) in [6.45, 7) is 1.29. The predicted molar refractivity (Wildman–Crippen MR) is 177 cm³/mol. The van der Waals surface area contributed by atoms with Crippen LogP contribution in [-0.4, -0.2) is 79.7 Å². The summed E-state index contributed by atoms with van der Waals surface area (Å²) in [5.41, 5.74) is 4.27. The van der Waals surface area contributed by atoms with Gasteiger partial charge in [0.1, 0.15) is 17.7 Å². The van der Waals surface area contributed by atoms with Gasteiger partial charge in [-0.2, -0.15) is 4.31 Å². The van der Waals surface area contributed by atoms with E-state index >= 15 is 4.39 Å². The van der Waals surface area contributed by atoms with Crippen molar-refractivity contribution in [2.24, 2.45) is 0 Å². The molecule has 0 spiro atoms. The second-order valence-corrected chi connectivity index (χ2v) is 15.4. The third-order valence-corrected chi connectivity index (χ3v) is 12.5. The molecule has 2 amide bonds. The predicted octanol–water partition coefficient (Wildman–Crippen LogP) is 4.74. The molecule has 3 fully saturated rings. The summed E-state index contributed by atoms with van der Waals surface area (Å²) in [5.74, 6) is -2.16. The van der Waals surface area contributed by atoms with Crippen molar-refractivity contribution in [1.29, 1.82) is 0 Å². The molecule has 7 atom stereocenters. The lowest BCUT2D eigenvalue weighted by Crippen LogP contribution is -2.53. The molecule has 0 aromatic heterocycles. The standard InChI is InChI=1S/C36H40F2N4O5S/c1-47-36(44)40-34(33(23-12-14-26(37)15-13-23)25-11-10-22-5-2-6-24(22)19-25)35(43)39-30-9-3-8-29(38)28(30)16-17-31-32-21-41(32)27-7-4-18-48(45,46)42(31)20-27/h3,8-15,19,27,31-34H,2,4-7,16-18,20-21H2,1H3,(H,39,43)(H,40,44)/t27?,31?,32?,33-,34-,41?/m0/s1. The van der Waals surface area contributed by atoms with Crippen LogP contribution in [0.25, 0.3) is 0 Å². The van der Waals surface area contributed by atoms with Gasteiger partial charge in [0.05, 0.1) is 12.9 Å². The van der Waals surface area contributed by atoms with E-state index in [1.807, 2.05) is 18.2 Å². The Hall–Kier alpha value is -3.87. The summed E-state index contributed by atoms with van der Waals surface area (Å²) >= 11 is 0. The topological polar surface area (TPSA) is 108 Å².